The first-order valence-electron chi connectivity index (χ1n) is 4.73. The minimum Gasteiger partial charge on any atom is -0.341 e. The lowest BCUT2D eigenvalue weighted by Gasteiger charge is -2.26. The van der Waals surface area contributed by atoms with Crippen molar-refractivity contribution >= 4 is 17.8 Å². The average Bonchev–Trinajstić information content (AvgIpc) is 2.63. The topological polar surface area (TPSA) is 41.1 Å². The second-order valence-corrected chi connectivity index (χ2v) is 4.80. The Labute approximate surface area is 84.0 Å². The summed E-state index contributed by atoms with van der Waals surface area (Å²) in [4.78, 5) is 11.0. The maximum absolute atomic E-state index is 11.0. The summed E-state index contributed by atoms with van der Waals surface area (Å²) < 4.78 is 0.312. The Kier molecular flexibility index (Phi) is 3.90. The van der Waals surface area contributed by atoms with Crippen molar-refractivity contribution in [2.75, 3.05) is 19.8 Å². The molecule has 1 saturated carbocycles. The van der Waals surface area contributed by atoms with E-state index in [2.05, 4.69) is 16.9 Å². The van der Waals surface area contributed by atoms with Crippen LogP contribution < -0.4 is 10.6 Å². The van der Waals surface area contributed by atoms with Crippen LogP contribution in [0.2, 0.25) is 0 Å². The van der Waals surface area contributed by atoms with Crippen molar-refractivity contribution in [2.45, 2.75) is 30.4 Å². The Morgan fingerprint density at radius 1 is 1.46 bits per heavy atom. The molecule has 0 aliphatic heterocycles. The van der Waals surface area contributed by atoms with Crippen LogP contribution in [0, 0.1) is 0 Å². The fourth-order valence-corrected chi connectivity index (χ4v) is 2.72. The maximum atomic E-state index is 11.0. The first-order chi connectivity index (χ1) is 6.22. The van der Waals surface area contributed by atoms with E-state index in [1.54, 1.807) is 7.05 Å². The second-order valence-electron chi connectivity index (χ2n) is 3.53. The molecule has 0 radical (unpaired) electrons. The Bertz CT molecular complexity index is 178. The van der Waals surface area contributed by atoms with E-state index in [0.29, 0.717) is 4.75 Å². The molecule has 1 aliphatic carbocycles. The minimum atomic E-state index is -0.0691. The number of nitrogens with one attached hydrogen (secondary N) is 2. The van der Waals surface area contributed by atoms with Crippen LogP contribution in [0.15, 0.2) is 0 Å². The number of amides is 2. The monoisotopic (exact) mass is 202 g/mol. The molecular formula is C9H18N2OS. The van der Waals surface area contributed by atoms with Gasteiger partial charge in [-0.2, -0.15) is 11.8 Å². The van der Waals surface area contributed by atoms with Crippen LogP contribution in [-0.4, -0.2) is 30.6 Å². The zero-order chi connectivity index (χ0) is 9.73. The third-order valence-electron chi connectivity index (χ3n) is 2.75. The van der Waals surface area contributed by atoms with Gasteiger partial charge in [-0.25, -0.2) is 4.79 Å². The Morgan fingerprint density at radius 2 is 2.08 bits per heavy atom. The molecule has 2 amide bonds. The predicted octanol–water partition coefficient (Wildman–Crippen LogP) is 1.59. The van der Waals surface area contributed by atoms with Crippen LogP contribution in [-0.2, 0) is 0 Å². The summed E-state index contributed by atoms with van der Waals surface area (Å²) in [7, 11) is 1.65. The standard InChI is InChI=1S/C9H18N2OS/c1-10-8(12)11-7-9(13-2)5-3-4-6-9/h3-7H2,1-2H3,(H2,10,11,12). The normalized spacial score (nSPS) is 19.8. The molecule has 2 N–H and O–H groups in total. The highest BCUT2D eigenvalue weighted by molar-refractivity contribution is 8.00. The molecule has 76 valence electrons. The van der Waals surface area contributed by atoms with Crippen molar-refractivity contribution in [3.05, 3.63) is 0 Å². The fraction of sp³-hybridized carbons (Fsp3) is 0.889. The molecule has 0 aromatic carbocycles. The zero-order valence-corrected chi connectivity index (χ0v) is 9.17. The van der Waals surface area contributed by atoms with Crippen molar-refractivity contribution < 1.29 is 4.79 Å². The number of carbonyl (C=O) groups is 1. The van der Waals surface area contributed by atoms with Crippen LogP contribution in [0.1, 0.15) is 25.7 Å². The molecule has 0 bridgehead atoms. The Morgan fingerprint density at radius 3 is 2.54 bits per heavy atom. The van der Waals surface area contributed by atoms with Gasteiger partial charge >= 0.3 is 6.03 Å². The van der Waals surface area contributed by atoms with Crippen LogP contribution in [0.4, 0.5) is 4.79 Å². The van der Waals surface area contributed by atoms with E-state index >= 15 is 0 Å². The summed E-state index contributed by atoms with van der Waals surface area (Å²) in [6.45, 7) is 0.799. The zero-order valence-electron chi connectivity index (χ0n) is 8.35. The Balaban J connectivity index is 2.35. The summed E-state index contributed by atoms with van der Waals surface area (Å²) in [6.07, 6.45) is 7.21. The van der Waals surface area contributed by atoms with Crippen molar-refractivity contribution in [1.82, 2.24) is 10.6 Å². The van der Waals surface area contributed by atoms with Crippen molar-refractivity contribution in [3.8, 4) is 0 Å². The number of thioether (sulfide) groups is 1. The van der Waals surface area contributed by atoms with Crippen LogP contribution in [0.25, 0.3) is 0 Å². The highest BCUT2D eigenvalue weighted by atomic mass is 32.2. The van der Waals surface area contributed by atoms with E-state index in [4.69, 9.17) is 0 Å². The molecular weight excluding hydrogens is 184 g/mol. The van der Waals surface area contributed by atoms with E-state index in [1.807, 2.05) is 11.8 Å². The molecule has 0 spiro atoms. The van der Waals surface area contributed by atoms with Crippen molar-refractivity contribution in [3.63, 3.8) is 0 Å². The smallest absolute Gasteiger partial charge is 0.314 e. The first-order valence-corrected chi connectivity index (χ1v) is 5.96. The van der Waals surface area contributed by atoms with Crippen molar-refractivity contribution in [1.29, 1.82) is 0 Å². The lowest BCUT2D eigenvalue weighted by Crippen LogP contribution is -2.42. The molecule has 0 atom stereocenters. The van der Waals surface area contributed by atoms with Gasteiger partial charge in [0.2, 0.25) is 0 Å². The van der Waals surface area contributed by atoms with Crippen LogP contribution in [0.3, 0.4) is 0 Å². The molecule has 0 heterocycles. The van der Waals surface area contributed by atoms with Gasteiger partial charge in [-0.3, -0.25) is 0 Å². The van der Waals surface area contributed by atoms with Crippen molar-refractivity contribution in [2.24, 2.45) is 0 Å². The van der Waals surface area contributed by atoms with Gasteiger partial charge in [-0.15, -0.1) is 0 Å². The molecule has 3 nitrogen and oxygen atoms in total. The second kappa shape index (κ2) is 4.74. The molecule has 13 heavy (non-hydrogen) atoms. The predicted molar refractivity (Wildman–Crippen MR) is 57.2 cm³/mol. The number of hydrogen-bond donors (Lipinski definition) is 2. The number of carbonyl (C=O) groups excluding carboxylic acids is 1. The van der Waals surface area contributed by atoms with E-state index in [-0.39, 0.29) is 6.03 Å². The Hall–Kier alpha value is -0.380. The summed E-state index contributed by atoms with van der Waals surface area (Å²) in [5.41, 5.74) is 0. The number of urea groups is 1. The molecule has 1 rings (SSSR count). The molecule has 0 aromatic rings. The van der Waals surface area contributed by atoms with Gasteiger partial charge in [-0.05, 0) is 19.1 Å². The van der Waals surface area contributed by atoms with Gasteiger partial charge in [0.05, 0.1) is 0 Å². The van der Waals surface area contributed by atoms with Gasteiger partial charge in [0.25, 0.3) is 0 Å². The number of hydrogen-bond acceptors (Lipinski definition) is 2. The molecule has 1 fully saturated rings. The summed E-state index contributed by atoms with van der Waals surface area (Å²) >= 11 is 1.89. The lowest BCUT2D eigenvalue weighted by atomic mass is 10.1. The summed E-state index contributed by atoms with van der Waals surface area (Å²) in [6, 6.07) is -0.0691. The molecule has 4 heteroatoms. The first kappa shape index (κ1) is 10.7. The summed E-state index contributed by atoms with van der Waals surface area (Å²) in [5.74, 6) is 0. The van der Waals surface area contributed by atoms with Gasteiger partial charge < -0.3 is 10.6 Å². The fourth-order valence-electron chi connectivity index (χ4n) is 1.80. The lowest BCUT2D eigenvalue weighted by molar-refractivity contribution is 0.241. The SMILES string of the molecule is CNC(=O)NCC1(SC)CCCC1. The van der Waals surface area contributed by atoms with Gasteiger partial charge in [0, 0.05) is 18.3 Å². The van der Waals surface area contributed by atoms with Gasteiger partial charge in [0.15, 0.2) is 0 Å². The molecule has 0 aromatic heterocycles. The maximum Gasteiger partial charge on any atom is 0.314 e. The minimum absolute atomic E-state index is 0.0691. The van der Waals surface area contributed by atoms with E-state index in [1.165, 1.54) is 25.7 Å². The third kappa shape index (κ3) is 2.79. The molecule has 0 saturated heterocycles. The highest BCUT2D eigenvalue weighted by Crippen LogP contribution is 2.39. The largest absolute Gasteiger partial charge is 0.341 e. The summed E-state index contributed by atoms with van der Waals surface area (Å²) in [5, 5.41) is 5.47. The molecule has 1 aliphatic rings. The quantitative estimate of drug-likeness (QED) is 0.729. The van der Waals surface area contributed by atoms with Crippen LogP contribution >= 0.6 is 11.8 Å². The van der Waals surface area contributed by atoms with E-state index in [9.17, 15) is 4.79 Å². The molecule has 0 unspecified atom stereocenters. The van der Waals surface area contributed by atoms with E-state index < -0.39 is 0 Å². The van der Waals surface area contributed by atoms with E-state index in [0.717, 1.165) is 6.54 Å². The average molecular weight is 202 g/mol. The van der Waals surface area contributed by atoms with Crippen LogP contribution in [0.5, 0.6) is 0 Å². The highest BCUT2D eigenvalue weighted by Gasteiger charge is 2.32. The van der Waals surface area contributed by atoms with Gasteiger partial charge in [0.1, 0.15) is 0 Å². The third-order valence-corrected chi connectivity index (χ3v) is 4.16. The van der Waals surface area contributed by atoms with Gasteiger partial charge in [-0.1, -0.05) is 12.8 Å². The number of rotatable bonds is 3.